The van der Waals surface area contributed by atoms with Crippen LogP contribution in [0.3, 0.4) is 0 Å². The van der Waals surface area contributed by atoms with Crippen LogP contribution < -0.4 is 11.1 Å². The van der Waals surface area contributed by atoms with Gasteiger partial charge in [0, 0.05) is 22.5 Å². The molecule has 2 aromatic heterocycles. The van der Waals surface area contributed by atoms with Gasteiger partial charge in [-0.2, -0.15) is 13.2 Å². The molecule has 0 unspecified atom stereocenters. The lowest BCUT2D eigenvalue weighted by atomic mass is 9.84. The van der Waals surface area contributed by atoms with Crippen molar-refractivity contribution in [2.45, 2.75) is 68.3 Å². The number of halogens is 4. The van der Waals surface area contributed by atoms with Gasteiger partial charge in [0.1, 0.15) is 6.33 Å². The van der Waals surface area contributed by atoms with Gasteiger partial charge < -0.3 is 15.6 Å². The summed E-state index contributed by atoms with van der Waals surface area (Å²) in [6.07, 6.45) is -2.23. The first-order valence-electron chi connectivity index (χ1n) is 10.2. The Hall–Kier alpha value is -2.04. The van der Waals surface area contributed by atoms with Crippen molar-refractivity contribution in [1.29, 1.82) is 0 Å². The summed E-state index contributed by atoms with van der Waals surface area (Å²) >= 11 is 7.41. The van der Waals surface area contributed by atoms with Crippen LogP contribution in [-0.2, 0) is 12.0 Å². The molecular weight excluding hydrogens is 461 g/mol. The minimum Gasteiger partial charge on any atom is -0.382 e. The largest absolute Gasteiger partial charge is 0.397 e. The van der Waals surface area contributed by atoms with Crippen molar-refractivity contribution in [3.63, 3.8) is 0 Å². The van der Waals surface area contributed by atoms with Crippen molar-refractivity contribution in [2.24, 2.45) is 0 Å². The summed E-state index contributed by atoms with van der Waals surface area (Å²) in [5, 5.41) is 4.15. The fourth-order valence-corrected chi connectivity index (χ4v) is 4.40. The van der Waals surface area contributed by atoms with Gasteiger partial charge >= 0.3 is 6.18 Å². The minimum absolute atomic E-state index is 0.0862. The molecule has 174 valence electrons. The molecule has 3 N–H and O–H groups in total. The van der Waals surface area contributed by atoms with Gasteiger partial charge in [-0.3, -0.25) is 0 Å². The van der Waals surface area contributed by atoms with Crippen LogP contribution in [0, 0.1) is 0 Å². The number of nitrogens with one attached hydrogen (secondary N) is 1. The van der Waals surface area contributed by atoms with E-state index in [1.54, 1.807) is 6.07 Å². The number of hydrogen-bond acceptors (Lipinski definition) is 6. The van der Waals surface area contributed by atoms with E-state index in [4.69, 9.17) is 17.3 Å². The topological polar surface area (TPSA) is 81.7 Å². The first-order valence-corrected chi connectivity index (χ1v) is 11.4. The van der Waals surface area contributed by atoms with Crippen LogP contribution in [0.25, 0.3) is 11.2 Å². The molecule has 0 fully saturated rings. The Morgan fingerprint density at radius 1 is 1.19 bits per heavy atom. The van der Waals surface area contributed by atoms with Crippen LogP contribution in [0.15, 0.2) is 34.6 Å². The Morgan fingerprint density at radius 2 is 1.91 bits per heavy atom. The summed E-state index contributed by atoms with van der Waals surface area (Å²) in [7, 11) is 0. The highest BCUT2D eigenvalue weighted by molar-refractivity contribution is 7.99. The average Bonchev–Trinajstić information content (AvgIpc) is 3.02. The average molecular weight is 487 g/mol. The number of fused-ring (bicyclic) bond motifs is 1. The molecule has 32 heavy (non-hydrogen) atoms. The second kappa shape index (κ2) is 9.44. The van der Waals surface area contributed by atoms with Gasteiger partial charge in [-0.25, -0.2) is 15.0 Å². The maximum atomic E-state index is 13.6. The van der Waals surface area contributed by atoms with Crippen LogP contribution in [0.2, 0.25) is 5.02 Å². The van der Waals surface area contributed by atoms with Crippen LogP contribution in [-0.4, -0.2) is 38.3 Å². The molecule has 3 aromatic rings. The van der Waals surface area contributed by atoms with Gasteiger partial charge in [0.15, 0.2) is 22.1 Å². The third-order valence-corrected chi connectivity index (χ3v) is 6.33. The zero-order chi connectivity index (χ0) is 23.7. The second-order valence-corrected chi connectivity index (χ2v) is 9.82. The molecule has 0 saturated heterocycles. The monoisotopic (exact) mass is 486 g/mol. The molecular formula is C21H26ClF3N6S. The number of hydrogen-bond donors (Lipinski definition) is 2. The smallest absolute Gasteiger partial charge is 0.382 e. The van der Waals surface area contributed by atoms with E-state index in [9.17, 15) is 13.2 Å². The summed E-state index contributed by atoms with van der Waals surface area (Å²) in [4.78, 5) is 13.5. The van der Waals surface area contributed by atoms with Gasteiger partial charge in [-0.05, 0) is 50.6 Å². The SMILES string of the molecule is CC(C)NCCCn1c(Sc2cc(Cl)cc(C(C)(C)C(F)(F)F)c2)nc2c(N)ncnc21. The van der Waals surface area contributed by atoms with Crippen molar-refractivity contribution in [3.05, 3.63) is 35.1 Å². The number of rotatable bonds is 8. The van der Waals surface area contributed by atoms with Gasteiger partial charge in [-0.15, -0.1) is 0 Å². The van der Waals surface area contributed by atoms with Crippen LogP contribution in [0.4, 0.5) is 19.0 Å². The molecule has 11 heteroatoms. The molecule has 0 amide bonds. The highest BCUT2D eigenvalue weighted by atomic mass is 35.5. The number of imidazole rings is 1. The number of nitrogens with zero attached hydrogens (tertiary/aromatic N) is 4. The lowest BCUT2D eigenvalue weighted by Crippen LogP contribution is -2.36. The maximum Gasteiger partial charge on any atom is 0.397 e. The summed E-state index contributed by atoms with van der Waals surface area (Å²) in [6, 6.07) is 4.84. The Morgan fingerprint density at radius 3 is 2.56 bits per heavy atom. The number of benzene rings is 1. The van der Waals surface area contributed by atoms with E-state index in [2.05, 4.69) is 34.1 Å². The number of nitrogen functional groups attached to an aromatic ring is 1. The van der Waals surface area contributed by atoms with Crippen LogP contribution in [0.1, 0.15) is 39.7 Å². The molecule has 0 aliphatic rings. The Labute approximate surface area is 194 Å². The van der Waals surface area contributed by atoms with Crippen molar-refractivity contribution < 1.29 is 13.2 Å². The Kier molecular flexibility index (Phi) is 7.26. The summed E-state index contributed by atoms with van der Waals surface area (Å²) < 4.78 is 42.7. The van der Waals surface area contributed by atoms with Crippen molar-refractivity contribution >= 4 is 40.3 Å². The number of aryl methyl sites for hydroxylation is 1. The Balaban J connectivity index is 1.98. The summed E-state index contributed by atoms with van der Waals surface area (Å²) in [5.74, 6) is 0.251. The number of nitrogens with two attached hydrogens (primary N) is 1. The van der Waals surface area contributed by atoms with Gasteiger partial charge in [-0.1, -0.05) is 37.2 Å². The minimum atomic E-state index is -4.42. The zero-order valence-corrected chi connectivity index (χ0v) is 19.9. The molecule has 0 spiro atoms. The van der Waals surface area contributed by atoms with Gasteiger partial charge in [0.2, 0.25) is 0 Å². The quantitative estimate of drug-likeness (QED) is 0.412. The highest BCUT2D eigenvalue weighted by Gasteiger charge is 2.48. The lowest BCUT2D eigenvalue weighted by Gasteiger charge is -2.28. The normalized spacial score (nSPS) is 12.8. The molecule has 3 rings (SSSR count). The molecule has 2 heterocycles. The van der Waals surface area contributed by atoms with E-state index in [-0.39, 0.29) is 16.4 Å². The third kappa shape index (κ3) is 5.29. The third-order valence-electron chi connectivity index (χ3n) is 5.15. The van der Waals surface area contributed by atoms with Crippen molar-refractivity contribution in [3.8, 4) is 0 Å². The fraction of sp³-hybridized carbons (Fsp3) is 0.476. The van der Waals surface area contributed by atoms with Crippen LogP contribution >= 0.6 is 23.4 Å². The van der Waals surface area contributed by atoms with Gasteiger partial charge in [0.25, 0.3) is 0 Å². The van der Waals surface area contributed by atoms with Crippen molar-refractivity contribution in [2.75, 3.05) is 12.3 Å². The summed E-state index contributed by atoms with van der Waals surface area (Å²) in [6.45, 7) is 7.82. The van der Waals surface area contributed by atoms with E-state index >= 15 is 0 Å². The maximum absolute atomic E-state index is 13.6. The van der Waals surface area contributed by atoms with Gasteiger partial charge in [0.05, 0.1) is 5.41 Å². The number of alkyl halides is 3. The number of anilines is 1. The summed E-state index contributed by atoms with van der Waals surface area (Å²) in [5.41, 5.74) is 5.07. The van der Waals surface area contributed by atoms with E-state index < -0.39 is 11.6 Å². The predicted octanol–water partition coefficient (Wildman–Crippen LogP) is 5.44. The molecule has 6 nitrogen and oxygen atoms in total. The first kappa shape index (κ1) is 24.6. The molecule has 1 aromatic carbocycles. The second-order valence-electron chi connectivity index (χ2n) is 8.34. The standard InChI is InChI=1S/C21H26ClF3N6S/c1-12(2)27-6-5-7-31-18-16(17(26)28-11-29-18)30-19(31)32-15-9-13(8-14(22)10-15)20(3,4)21(23,24)25/h8-12,27H,5-7H2,1-4H3,(H2,26,28,29). The molecule has 0 radical (unpaired) electrons. The highest BCUT2D eigenvalue weighted by Crippen LogP contribution is 2.43. The van der Waals surface area contributed by atoms with E-state index in [0.717, 1.165) is 26.8 Å². The molecule has 0 saturated carbocycles. The fourth-order valence-electron chi connectivity index (χ4n) is 3.09. The molecule has 0 aliphatic heterocycles. The van der Waals surface area contributed by atoms with E-state index in [0.29, 0.717) is 33.8 Å². The van der Waals surface area contributed by atoms with Crippen LogP contribution in [0.5, 0.6) is 0 Å². The first-order chi connectivity index (χ1) is 14.9. The predicted molar refractivity (Wildman–Crippen MR) is 122 cm³/mol. The van der Waals surface area contributed by atoms with E-state index in [1.165, 1.54) is 30.2 Å². The zero-order valence-electron chi connectivity index (χ0n) is 18.3. The van der Waals surface area contributed by atoms with Crippen molar-refractivity contribution in [1.82, 2.24) is 24.8 Å². The number of aromatic nitrogens is 4. The molecule has 0 atom stereocenters. The Bertz CT molecular complexity index is 1100. The van der Waals surface area contributed by atoms with E-state index in [1.807, 2.05) is 4.57 Å². The molecule has 0 aliphatic carbocycles. The molecule has 0 bridgehead atoms. The lowest BCUT2D eigenvalue weighted by molar-refractivity contribution is -0.180.